The van der Waals surface area contributed by atoms with Crippen molar-refractivity contribution in [3.63, 3.8) is 0 Å². The molecule has 16 heavy (non-hydrogen) atoms. The van der Waals surface area contributed by atoms with E-state index >= 15 is 0 Å². The Morgan fingerprint density at radius 3 is 2.44 bits per heavy atom. The molecule has 82 valence electrons. The number of hydrogen-bond donors (Lipinski definition) is 1. The van der Waals surface area contributed by atoms with Gasteiger partial charge in [0.2, 0.25) is 0 Å². The lowest BCUT2D eigenvalue weighted by Gasteiger charge is -2.05. The lowest BCUT2D eigenvalue weighted by molar-refractivity contribution is 0.686. The number of rotatable bonds is 3. The van der Waals surface area contributed by atoms with Crippen molar-refractivity contribution in [1.29, 1.82) is 0 Å². The molecule has 0 saturated heterocycles. The molecule has 0 aromatic heterocycles. The molecule has 0 fully saturated rings. The minimum atomic E-state index is -1.28. The van der Waals surface area contributed by atoms with Crippen LogP contribution in [0, 0.1) is 0 Å². The van der Waals surface area contributed by atoms with E-state index in [1.165, 1.54) is 0 Å². The van der Waals surface area contributed by atoms with E-state index in [-0.39, 0.29) is 0 Å². The molecule has 0 aliphatic carbocycles. The number of benzene rings is 2. The molecule has 2 aromatic rings. The molecule has 0 unspecified atom stereocenters. The van der Waals surface area contributed by atoms with Gasteiger partial charge >= 0.3 is 0 Å². The van der Waals surface area contributed by atoms with Crippen LogP contribution in [-0.2, 0) is 11.0 Å². The Kier molecular flexibility index (Phi) is 3.59. The van der Waals surface area contributed by atoms with Gasteiger partial charge in [-0.3, -0.25) is 0 Å². The van der Waals surface area contributed by atoms with E-state index < -0.39 is 11.0 Å². The SMILES string of the molecule is O=[S@](Nc1ccccc1)c1cccc(Cl)c1. The van der Waals surface area contributed by atoms with E-state index in [1.54, 1.807) is 24.3 Å². The van der Waals surface area contributed by atoms with Crippen LogP contribution in [0.25, 0.3) is 0 Å². The Morgan fingerprint density at radius 1 is 1.00 bits per heavy atom. The van der Waals surface area contributed by atoms with Crippen molar-refractivity contribution in [1.82, 2.24) is 0 Å². The maximum Gasteiger partial charge on any atom is 0.150 e. The lowest BCUT2D eigenvalue weighted by atomic mass is 10.3. The van der Waals surface area contributed by atoms with Crippen LogP contribution in [-0.4, -0.2) is 4.21 Å². The number of hydrogen-bond acceptors (Lipinski definition) is 1. The minimum absolute atomic E-state index is 0.584. The molecule has 4 heteroatoms. The molecule has 0 aliphatic rings. The topological polar surface area (TPSA) is 29.1 Å². The zero-order valence-corrected chi connectivity index (χ0v) is 9.96. The van der Waals surface area contributed by atoms with Gasteiger partial charge in [0.05, 0.1) is 4.90 Å². The van der Waals surface area contributed by atoms with Crippen LogP contribution in [0.3, 0.4) is 0 Å². The smallest absolute Gasteiger partial charge is 0.150 e. The van der Waals surface area contributed by atoms with Gasteiger partial charge in [0.1, 0.15) is 11.0 Å². The average molecular weight is 252 g/mol. The highest BCUT2D eigenvalue weighted by atomic mass is 35.5. The summed E-state index contributed by atoms with van der Waals surface area (Å²) in [6.45, 7) is 0. The average Bonchev–Trinajstić information content (AvgIpc) is 2.30. The summed E-state index contributed by atoms with van der Waals surface area (Å²) in [6, 6.07) is 16.4. The number of para-hydroxylation sites is 1. The van der Waals surface area contributed by atoms with Gasteiger partial charge < -0.3 is 4.72 Å². The fourth-order valence-corrected chi connectivity index (χ4v) is 2.41. The Balaban J connectivity index is 2.15. The van der Waals surface area contributed by atoms with Gasteiger partial charge in [0, 0.05) is 10.7 Å². The summed E-state index contributed by atoms with van der Waals surface area (Å²) in [7, 11) is -1.28. The first kappa shape index (κ1) is 11.2. The quantitative estimate of drug-likeness (QED) is 0.889. The molecule has 0 radical (unpaired) electrons. The van der Waals surface area contributed by atoms with Crippen LogP contribution in [0.4, 0.5) is 5.69 Å². The predicted molar refractivity (Wildman–Crippen MR) is 67.9 cm³/mol. The Bertz CT molecular complexity index is 501. The van der Waals surface area contributed by atoms with E-state index in [1.807, 2.05) is 30.3 Å². The maximum absolute atomic E-state index is 11.9. The number of nitrogens with one attached hydrogen (secondary N) is 1. The van der Waals surface area contributed by atoms with E-state index in [2.05, 4.69) is 4.72 Å². The normalized spacial score (nSPS) is 12.1. The second-order valence-electron chi connectivity index (χ2n) is 3.19. The first-order valence-electron chi connectivity index (χ1n) is 4.75. The predicted octanol–water partition coefficient (Wildman–Crippen LogP) is 3.47. The molecule has 0 bridgehead atoms. The molecule has 2 aromatic carbocycles. The van der Waals surface area contributed by atoms with Gasteiger partial charge in [-0.1, -0.05) is 35.9 Å². The number of halogens is 1. The van der Waals surface area contributed by atoms with Gasteiger partial charge in [0.15, 0.2) is 0 Å². The van der Waals surface area contributed by atoms with Crippen molar-refractivity contribution in [2.24, 2.45) is 0 Å². The third kappa shape index (κ3) is 2.84. The van der Waals surface area contributed by atoms with Crippen molar-refractivity contribution in [2.45, 2.75) is 4.90 Å². The standard InChI is InChI=1S/C12H10ClNOS/c13-10-5-4-8-12(9-10)16(15)14-11-6-2-1-3-7-11/h1-9,14H/t16-/m0/s1. The summed E-state index contributed by atoms with van der Waals surface area (Å²) >= 11 is 5.83. The summed E-state index contributed by atoms with van der Waals surface area (Å²) < 4.78 is 14.8. The van der Waals surface area contributed by atoms with E-state index in [4.69, 9.17) is 11.6 Å². The first-order chi connectivity index (χ1) is 7.75. The molecule has 0 spiro atoms. The van der Waals surface area contributed by atoms with Crippen LogP contribution in [0.5, 0.6) is 0 Å². The van der Waals surface area contributed by atoms with Crippen LogP contribution in [0.2, 0.25) is 5.02 Å². The highest BCUT2D eigenvalue weighted by Gasteiger charge is 2.03. The van der Waals surface area contributed by atoms with E-state index in [0.29, 0.717) is 9.92 Å². The van der Waals surface area contributed by atoms with Crippen molar-refractivity contribution in [2.75, 3.05) is 4.72 Å². The van der Waals surface area contributed by atoms with Gasteiger partial charge in [-0.15, -0.1) is 0 Å². The molecule has 0 aliphatic heterocycles. The molecule has 1 N–H and O–H groups in total. The third-order valence-electron chi connectivity index (χ3n) is 1.99. The summed E-state index contributed by atoms with van der Waals surface area (Å²) in [5.74, 6) is 0. The molecule has 0 saturated carbocycles. The molecule has 2 nitrogen and oxygen atoms in total. The summed E-state index contributed by atoms with van der Waals surface area (Å²) in [5.41, 5.74) is 0.820. The molecule has 0 heterocycles. The maximum atomic E-state index is 11.9. The van der Waals surface area contributed by atoms with Crippen molar-refractivity contribution >= 4 is 28.3 Å². The molecule has 2 rings (SSSR count). The van der Waals surface area contributed by atoms with E-state index in [9.17, 15) is 4.21 Å². The highest BCUT2D eigenvalue weighted by Crippen LogP contribution is 2.16. The zero-order chi connectivity index (χ0) is 11.4. The fraction of sp³-hybridized carbons (Fsp3) is 0. The largest absolute Gasteiger partial charge is 0.301 e. The summed E-state index contributed by atoms with van der Waals surface area (Å²) in [6.07, 6.45) is 0. The van der Waals surface area contributed by atoms with Gasteiger partial charge in [-0.05, 0) is 30.3 Å². The van der Waals surface area contributed by atoms with Crippen molar-refractivity contribution in [3.8, 4) is 0 Å². The van der Waals surface area contributed by atoms with Crippen LogP contribution < -0.4 is 4.72 Å². The zero-order valence-electron chi connectivity index (χ0n) is 8.39. The molecule has 1 atom stereocenters. The van der Waals surface area contributed by atoms with Gasteiger partial charge in [-0.25, -0.2) is 4.21 Å². The molecular weight excluding hydrogens is 242 g/mol. The van der Waals surface area contributed by atoms with E-state index in [0.717, 1.165) is 5.69 Å². The summed E-state index contributed by atoms with van der Waals surface area (Å²) in [5, 5.41) is 0.584. The lowest BCUT2D eigenvalue weighted by Crippen LogP contribution is -2.04. The molecule has 0 amide bonds. The third-order valence-corrected chi connectivity index (χ3v) is 3.33. The van der Waals surface area contributed by atoms with Crippen molar-refractivity contribution < 1.29 is 4.21 Å². The monoisotopic (exact) mass is 251 g/mol. The van der Waals surface area contributed by atoms with Gasteiger partial charge in [-0.2, -0.15) is 0 Å². The Morgan fingerprint density at radius 2 is 1.75 bits per heavy atom. The van der Waals surface area contributed by atoms with Crippen LogP contribution in [0.1, 0.15) is 0 Å². The minimum Gasteiger partial charge on any atom is -0.301 e. The second-order valence-corrected chi connectivity index (χ2v) is 4.84. The summed E-state index contributed by atoms with van der Waals surface area (Å²) in [4.78, 5) is 0.663. The number of anilines is 1. The highest BCUT2D eigenvalue weighted by molar-refractivity contribution is 7.86. The Labute approximate surface area is 102 Å². The van der Waals surface area contributed by atoms with Crippen LogP contribution in [0.15, 0.2) is 59.5 Å². The second kappa shape index (κ2) is 5.14. The Hall–Kier alpha value is -1.32. The van der Waals surface area contributed by atoms with Gasteiger partial charge in [0.25, 0.3) is 0 Å². The molecular formula is C12H10ClNOS. The van der Waals surface area contributed by atoms with Crippen LogP contribution >= 0.6 is 11.6 Å². The van der Waals surface area contributed by atoms with Crippen molar-refractivity contribution in [3.05, 3.63) is 59.6 Å². The fourth-order valence-electron chi connectivity index (χ4n) is 1.25. The first-order valence-corrected chi connectivity index (χ1v) is 6.27.